The van der Waals surface area contributed by atoms with Gasteiger partial charge in [-0.3, -0.25) is 0 Å². The highest BCUT2D eigenvalue weighted by atomic mass is 16.5. The van der Waals surface area contributed by atoms with Crippen LogP contribution < -0.4 is 30.8 Å². The lowest BCUT2D eigenvalue weighted by atomic mass is 9.32. The molecule has 3 aliphatic heterocycles. The molecular formula is C40H46BNO2. The van der Waals surface area contributed by atoms with E-state index >= 15 is 0 Å². The predicted octanol–water partition coefficient (Wildman–Crippen LogP) is 9.39. The lowest BCUT2D eigenvalue weighted by Crippen LogP contribution is -2.62. The van der Waals surface area contributed by atoms with Gasteiger partial charge in [-0.1, -0.05) is 107 Å². The van der Waals surface area contributed by atoms with Crippen molar-refractivity contribution in [1.82, 2.24) is 0 Å². The molecule has 0 atom stereocenters. The van der Waals surface area contributed by atoms with Gasteiger partial charge in [0.1, 0.15) is 23.0 Å². The molecule has 0 spiro atoms. The lowest BCUT2D eigenvalue weighted by Gasteiger charge is -2.45. The minimum absolute atomic E-state index is 0.0289. The van der Waals surface area contributed by atoms with E-state index in [0.717, 1.165) is 34.1 Å². The van der Waals surface area contributed by atoms with E-state index in [-0.39, 0.29) is 28.4 Å². The van der Waals surface area contributed by atoms with Crippen LogP contribution in [0.5, 0.6) is 23.0 Å². The van der Waals surface area contributed by atoms with Crippen molar-refractivity contribution in [1.29, 1.82) is 0 Å². The van der Waals surface area contributed by atoms with Crippen LogP contribution in [0.3, 0.4) is 0 Å². The lowest BCUT2D eigenvalue weighted by molar-refractivity contribution is 0.436. The average molecular weight is 584 g/mol. The van der Waals surface area contributed by atoms with Crippen LogP contribution in [-0.2, 0) is 21.7 Å². The van der Waals surface area contributed by atoms with Crippen molar-refractivity contribution in [2.24, 2.45) is 0 Å². The molecule has 0 saturated heterocycles. The van der Waals surface area contributed by atoms with Crippen LogP contribution in [0.1, 0.15) is 105 Å². The molecule has 0 unspecified atom stereocenters. The van der Waals surface area contributed by atoms with Crippen LogP contribution in [0.4, 0.5) is 17.1 Å². The zero-order valence-electron chi connectivity index (χ0n) is 28.6. The third-order valence-electron chi connectivity index (χ3n) is 9.70. The van der Waals surface area contributed by atoms with Crippen molar-refractivity contribution in [2.75, 3.05) is 4.90 Å². The van der Waals surface area contributed by atoms with Gasteiger partial charge in [-0.05, 0) is 91.2 Å². The molecule has 3 nitrogen and oxygen atoms in total. The SMILES string of the molecule is CC(C)(C)c1ccc(N2c3ccc(C(C)(C)C)c4c3B3c5c(cc(C(C)(C)C)cc5Oc5c(C(C)(C)C)ccc2c53)O4)cc1. The van der Waals surface area contributed by atoms with E-state index in [1.54, 1.807) is 0 Å². The fourth-order valence-electron chi connectivity index (χ4n) is 7.19. The molecule has 0 aliphatic carbocycles. The Hall–Kier alpha value is -3.66. The van der Waals surface area contributed by atoms with Gasteiger partial charge in [-0.15, -0.1) is 0 Å². The van der Waals surface area contributed by atoms with E-state index in [0.29, 0.717) is 0 Å². The second-order valence-electron chi connectivity index (χ2n) is 17.2. The normalized spacial score (nSPS) is 15.1. The first-order chi connectivity index (χ1) is 20.4. The molecule has 0 fully saturated rings. The molecule has 226 valence electrons. The average Bonchev–Trinajstić information content (AvgIpc) is 2.90. The maximum atomic E-state index is 7.08. The highest BCUT2D eigenvalue weighted by molar-refractivity contribution is 7.00. The Morgan fingerprint density at radius 1 is 0.477 bits per heavy atom. The number of hydrogen-bond donors (Lipinski definition) is 0. The van der Waals surface area contributed by atoms with Gasteiger partial charge in [0.2, 0.25) is 0 Å². The summed E-state index contributed by atoms with van der Waals surface area (Å²) in [6, 6.07) is 22.9. The first-order valence-electron chi connectivity index (χ1n) is 16.2. The quantitative estimate of drug-likeness (QED) is 0.180. The van der Waals surface area contributed by atoms with Gasteiger partial charge in [-0.2, -0.15) is 0 Å². The summed E-state index contributed by atoms with van der Waals surface area (Å²) in [4.78, 5) is 2.44. The summed E-state index contributed by atoms with van der Waals surface area (Å²) < 4.78 is 14.2. The Balaban J connectivity index is 1.59. The maximum Gasteiger partial charge on any atom is 0.266 e. The van der Waals surface area contributed by atoms with Crippen LogP contribution in [0.25, 0.3) is 0 Å². The number of ether oxygens (including phenoxy) is 2. The zero-order valence-corrected chi connectivity index (χ0v) is 28.6. The van der Waals surface area contributed by atoms with Crippen LogP contribution in [-0.4, -0.2) is 6.71 Å². The van der Waals surface area contributed by atoms with E-state index in [9.17, 15) is 0 Å². The molecule has 0 N–H and O–H groups in total. The van der Waals surface area contributed by atoms with Gasteiger partial charge in [-0.25, -0.2) is 0 Å². The molecule has 4 aromatic rings. The highest BCUT2D eigenvalue weighted by Crippen LogP contribution is 2.50. The van der Waals surface area contributed by atoms with Crippen LogP contribution in [0, 0.1) is 0 Å². The second kappa shape index (κ2) is 8.96. The smallest absolute Gasteiger partial charge is 0.266 e. The minimum atomic E-state index is -0.0902. The number of rotatable bonds is 1. The van der Waals surface area contributed by atoms with Gasteiger partial charge in [0.25, 0.3) is 6.71 Å². The third-order valence-corrected chi connectivity index (χ3v) is 9.70. The molecule has 0 amide bonds. The van der Waals surface area contributed by atoms with Crippen molar-refractivity contribution < 1.29 is 9.47 Å². The molecule has 3 aliphatic rings. The van der Waals surface area contributed by atoms with Gasteiger partial charge in [0.15, 0.2) is 0 Å². The standard InChI is InChI=1S/C40H46BNO2/c1-37(2,3)23-13-15-25(16-14-23)42-28-19-17-26(39(7,8)9)35-32(28)41-33-29(42)20-18-27(40(10,11)12)36(33)44-31-22-24(38(4,5)6)21-30(43-35)34(31)41/h13-22H,1-12H3. The summed E-state index contributed by atoms with van der Waals surface area (Å²) >= 11 is 0. The van der Waals surface area contributed by atoms with Gasteiger partial charge >= 0.3 is 0 Å². The summed E-state index contributed by atoms with van der Waals surface area (Å²) in [6.07, 6.45) is 0. The largest absolute Gasteiger partial charge is 0.458 e. The molecule has 4 heteroatoms. The third kappa shape index (κ3) is 4.24. The zero-order chi connectivity index (χ0) is 31.7. The summed E-state index contributed by atoms with van der Waals surface area (Å²) in [5, 5.41) is 0. The number of benzene rings is 4. The van der Waals surface area contributed by atoms with Crippen molar-refractivity contribution >= 4 is 40.2 Å². The number of nitrogens with zero attached hydrogens (tertiary/aromatic N) is 1. The summed E-state index contributed by atoms with van der Waals surface area (Å²) in [5.74, 6) is 3.85. The van der Waals surface area contributed by atoms with Gasteiger partial charge in [0, 0.05) is 22.5 Å². The van der Waals surface area contributed by atoms with Crippen molar-refractivity contribution in [3.63, 3.8) is 0 Å². The molecule has 0 aromatic heterocycles. The van der Waals surface area contributed by atoms with E-state index in [4.69, 9.17) is 9.47 Å². The maximum absolute atomic E-state index is 7.08. The Bertz CT molecular complexity index is 1740. The molecule has 0 saturated carbocycles. The van der Waals surface area contributed by atoms with Crippen LogP contribution >= 0.6 is 0 Å². The summed E-state index contributed by atoms with van der Waals surface area (Å²) in [5.41, 5.74) is 12.0. The number of anilines is 3. The van der Waals surface area contributed by atoms with E-state index in [1.807, 2.05) is 0 Å². The molecule has 7 rings (SSSR count). The molecule has 0 radical (unpaired) electrons. The fraction of sp³-hybridized carbons (Fsp3) is 0.400. The predicted molar refractivity (Wildman–Crippen MR) is 187 cm³/mol. The first kappa shape index (κ1) is 29.1. The summed E-state index contributed by atoms with van der Waals surface area (Å²) in [7, 11) is 0. The topological polar surface area (TPSA) is 21.7 Å². The Labute approximate surface area is 264 Å². The van der Waals surface area contributed by atoms with E-state index in [2.05, 4.69) is 149 Å². The van der Waals surface area contributed by atoms with Crippen LogP contribution in [0.15, 0.2) is 60.7 Å². The molecule has 4 aromatic carbocycles. The highest BCUT2D eigenvalue weighted by Gasteiger charge is 2.50. The Morgan fingerprint density at radius 2 is 0.909 bits per heavy atom. The molecule has 44 heavy (non-hydrogen) atoms. The van der Waals surface area contributed by atoms with Crippen molar-refractivity contribution in [3.05, 3.63) is 82.9 Å². The summed E-state index contributed by atoms with van der Waals surface area (Å²) in [6.45, 7) is 27.3. The van der Waals surface area contributed by atoms with Gasteiger partial charge < -0.3 is 14.4 Å². The monoisotopic (exact) mass is 583 g/mol. The molecular weight excluding hydrogens is 537 g/mol. The molecule has 3 heterocycles. The second-order valence-corrected chi connectivity index (χ2v) is 17.2. The Kier molecular flexibility index (Phi) is 5.92. The first-order valence-corrected chi connectivity index (χ1v) is 16.2. The van der Waals surface area contributed by atoms with E-state index in [1.165, 1.54) is 44.6 Å². The van der Waals surface area contributed by atoms with E-state index < -0.39 is 0 Å². The minimum Gasteiger partial charge on any atom is -0.458 e. The Morgan fingerprint density at radius 3 is 1.30 bits per heavy atom. The number of hydrogen-bond acceptors (Lipinski definition) is 3. The fourth-order valence-corrected chi connectivity index (χ4v) is 7.19. The van der Waals surface area contributed by atoms with Crippen molar-refractivity contribution in [2.45, 2.75) is 105 Å². The van der Waals surface area contributed by atoms with Gasteiger partial charge in [0.05, 0.1) is 0 Å². The van der Waals surface area contributed by atoms with Crippen molar-refractivity contribution in [3.8, 4) is 23.0 Å². The van der Waals surface area contributed by atoms with Crippen LogP contribution in [0.2, 0.25) is 0 Å². The molecule has 0 bridgehead atoms.